The Balaban J connectivity index is 1.52. The fourth-order valence-corrected chi connectivity index (χ4v) is 3.58. The number of benzene rings is 2. The molecule has 0 saturated carbocycles. The molecule has 0 aliphatic carbocycles. The molecule has 0 bridgehead atoms. The highest BCUT2D eigenvalue weighted by atomic mass is 16.4. The summed E-state index contributed by atoms with van der Waals surface area (Å²) in [6.45, 7) is 2.16. The van der Waals surface area contributed by atoms with Crippen LogP contribution in [0.3, 0.4) is 0 Å². The number of aromatic carboxylic acids is 1. The molecule has 1 fully saturated rings. The second-order valence-electron chi connectivity index (χ2n) is 6.87. The van der Waals surface area contributed by atoms with E-state index < -0.39 is 11.5 Å². The van der Waals surface area contributed by atoms with Crippen LogP contribution in [0.2, 0.25) is 0 Å². The van der Waals surface area contributed by atoms with Gasteiger partial charge in [0.05, 0.1) is 5.39 Å². The van der Waals surface area contributed by atoms with Crippen LogP contribution in [-0.4, -0.2) is 57.8 Å². The Labute approximate surface area is 166 Å². The molecule has 148 valence electrons. The van der Waals surface area contributed by atoms with Gasteiger partial charge in [0.2, 0.25) is 5.91 Å². The lowest BCUT2D eigenvalue weighted by molar-refractivity contribution is -0.132. The van der Waals surface area contributed by atoms with Crippen LogP contribution in [0.25, 0.3) is 10.8 Å². The number of aromatic nitrogens is 2. The first-order chi connectivity index (χ1) is 14.0. The van der Waals surface area contributed by atoms with E-state index in [0.29, 0.717) is 26.2 Å². The van der Waals surface area contributed by atoms with E-state index in [9.17, 15) is 19.5 Å². The SMILES string of the molecule is O=C(O)c1nn(CC(=O)N2CCN(c3ccccc3)CC2)c(=O)c2ccccc12. The molecule has 8 heteroatoms. The number of carboxylic acids is 1. The molecule has 0 unspecified atom stereocenters. The third-order valence-corrected chi connectivity index (χ3v) is 5.11. The molecule has 3 aromatic rings. The first-order valence-electron chi connectivity index (χ1n) is 9.35. The van der Waals surface area contributed by atoms with Crippen molar-refractivity contribution in [2.45, 2.75) is 6.54 Å². The predicted molar refractivity (Wildman–Crippen MR) is 108 cm³/mol. The van der Waals surface area contributed by atoms with Crippen LogP contribution in [0, 0.1) is 0 Å². The van der Waals surface area contributed by atoms with Crippen LogP contribution in [-0.2, 0) is 11.3 Å². The summed E-state index contributed by atoms with van der Waals surface area (Å²) in [4.78, 5) is 40.9. The molecule has 2 aromatic carbocycles. The zero-order valence-electron chi connectivity index (χ0n) is 15.7. The highest BCUT2D eigenvalue weighted by Crippen LogP contribution is 2.16. The molecule has 0 spiro atoms. The average Bonchev–Trinajstić information content (AvgIpc) is 2.76. The van der Waals surface area contributed by atoms with Crippen molar-refractivity contribution in [3.63, 3.8) is 0 Å². The van der Waals surface area contributed by atoms with Crippen LogP contribution in [0.1, 0.15) is 10.5 Å². The van der Waals surface area contributed by atoms with E-state index >= 15 is 0 Å². The van der Waals surface area contributed by atoms with Gasteiger partial charge in [0.1, 0.15) is 6.54 Å². The van der Waals surface area contributed by atoms with Crippen molar-refractivity contribution in [2.24, 2.45) is 0 Å². The number of hydrogen-bond donors (Lipinski definition) is 1. The fourth-order valence-electron chi connectivity index (χ4n) is 3.58. The summed E-state index contributed by atoms with van der Waals surface area (Å²) in [5.74, 6) is -1.49. The average molecular weight is 392 g/mol. The number of carboxylic acid groups (broad SMARTS) is 1. The number of amides is 1. The van der Waals surface area contributed by atoms with Gasteiger partial charge in [0.25, 0.3) is 5.56 Å². The summed E-state index contributed by atoms with van der Waals surface area (Å²) in [6.07, 6.45) is 0. The minimum absolute atomic E-state index is 0.234. The van der Waals surface area contributed by atoms with Crippen LogP contribution >= 0.6 is 0 Å². The summed E-state index contributed by atoms with van der Waals surface area (Å²) in [7, 11) is 0. The fraction of sp³-hybridized carbons (Fsp3) is 0.238. The maximum absolute atomic E-state index is 12.7. The van der Waals surface area contributed by atoms with Crippen LogP contribution in [0.4, 0.5) is 5.69 Å². The molecule has 1 saturated heterocycles. The molecule has 8 nitrogen and oxygen atoms in total. The lowest BCUT2D eigenvalue weighted by Crippen LogP contribution is -2.50. The highest BCUT2D eigenvalue weighted by Gasteiger charge is 2.23. The van der Waals surface area contributed by atoms with E-state index in [1.165, 1.54) is 0 Å². The minimum Gasteiger partial charge on any atom is -0.476 e. The van der Waals surface area contributed by atoms with E-state index in [1.54, 1.807) is 29.2 Å². The number of hydrogen-bond acceptors (Lipinski definition) is 5. The zero-order chi connectivity index (χ0) is 20.4. The van der Waals surface area contributed by atoms with E-state index in [0.717, 1.165) is 10.4 Å². The standard InChI is InChI=1S/C21H20N4O4/c26-18(24-12-10-23(11-13-24)15-6-2-1-3-7-15)14-25-20(27)17-9-5-4-8-16(17)19(22-25)21(28)29/h1-9H,10-14H2,(H,28,29). The Morgan fingerprint density at radius 1 is 0.897 bits per heavy atom. The van der Waals surface area contributed by atoms with Gasteiger partial charge < -0.3 is 14.9 Å². The molecular weight excluding hydrogens is 372 g/mol. The van der Waals surface area contributed by atoms with Gasteiger partial charge in [-0.2, -0.15) is 5.10 Å². The van der Waals surface area contributed by atoms with Crippen molar-refractivity contribution < 1.29 is 14.7 Å². The summed E-state index contributed by atoms with van der Waals surface area (Å²) >= 11 is 0. The lowest BCUT2D eigenvalue weighted by Gasteiger charge is -2.36. The summed E-state index contributed by atoms with van der Waals surface area (Å²) in [6, 6.07) is 16.4. The van der Waals surface area contributed by atoms with Crippen LogP contribution in [0.5, 0.6) is 0 Å². The molecule has 0 radical (unpaired) electrons. The first kappa shape index (κ1) is 18.7. The number of anilines is 1. The molecule has 1 aliphatic rings. The molecule has 1 aromatic heterocycles. The first-order valence-corrected chi connectivity index (χ1v) is 9.35. The Morgan fingerprint density at radius 3 is 2.17 bits per heavy atom. The van der Waals surface area contributed by atoms with Gasteiger partial charge in [0, 0.05) is 37.3 Å². The number of para-hydroxylation sites is 1. The van der Waals surface area contributed by atoms with Gasteiger partial charge >= 0.3 is 5.97 Å². The Hall–Kier alpha value is -3.68. The molecule has 0 atom stereocenters. The van der Waals surface area contributed by atoms with Crippen LogP contribution in [0.15, 0.2) is 59.4 Å². The second kappa shape index (κ2) is 7.75. The minimum atomic E-state index is -1.24. The van der Waals surface area contributed by atoms with Crippen molar-refractivity contribution in [2.75, 3.05) is 31.1 Å². The molecule has 2 heterocycles. The summed E-state index contributed by atoms with van der Waals surface area (Å²) < 4.78 is 0.956. The molecule has 1 N–H and O–H groups in total. The van der Waals surface area contributed by atoms with Gasteiger partial charge in [-0.15, -0.1) is 0 Å². The largest absolute Gasteiger partial charge is 0.476 e. The number of piperazine rings is 1. The maximum atomic E-state index is 12.7. The maximum Gasteiger partial charge on any atom is 0.357 e. The van der Waals surface area contributed by atoms with Gasteiger partial charge in [-0.25, -0.2) is 9.48 Å². The normalized spacial score (nSPS) is 14.2. The monoisotopic (exact) mass is 392 g/mol. The van der Waals surface area contributed by atoms with Crippen molar-refractivity contribution >= 4 is 28.3 Å². The van der Waals surface area contributed by atoms with Crippen molar-refractivity contribution in [1.29, 1.82) is 0 Å². The van der Waals surface area contributed by atoms with Gasteiger partial charge in [-0.3, -0.25) is 9.59 Å². The van der Waals surface area contributed by atoms with Crippen molar-refractivity contribution in [3.05, 3.63) is 70.6 Å². The summed E-state index contributed by atoms with van der Waals surface area (Å²) in [5, 5.41) is 13.9. The number of fused-ring (bicyclic) bond motifs is 1. The lowest BCUT2D eigenvalue weighted by atomic mass is 10.1. The van der Waals surface area contributed by atoms with Crippen LogP contribution < -0.4 is 10.5 Å². The van der Waals surface area contributed by atoms with E-state index in [4.69, 9.17) is 0 Å². The number of nitrogens with zero attached hydrogens (tertiary/aromatic N) is 4. The Bertz CT molecular complexity index is 1120. The molecule has 1 amide bonds. The number of rotatable bonds is 4. The third kappa shape index (κ3) is 3.69. The Kier molecular flexibility index (Phi) is 4.99. The second-order valence-corrected chi connectivity index (χ2v) is 6.87. The Morgan fingerprint density at radius 2 is 1.52 bits per heavy atom. The third-order valence-electron chi connectivity index (χ3n) is 5.11. The zero-order valence-corrected chi connectivity index (χ0v) is 15.7. The topological polar surface area (TPSA) is 95.7 Å². The number of carbonyl (C=O) groups excluding carboxylic acids is 1. The quantitative estimate of drug-likeness (QED) is 0.722. The molecule has 4 rings (SSSR count). The molecule has 29 heavy (non-hydrogen) atoms. The molecule has 1 aliphatic heterocycles. The predicted octanol–water partition coefficient (Wildman–Crippen LogP) is 1.44. The highest BCUT2D eigenvalue weighted by molar-refractivity contribution is 6.01. The van der Waals surface area contributed by atoms with Crippen molar-refractivity contribution in [3.8, 4) is 0 Å². The molecular formula is C21H20N4O4. The van der Waals surface area contributed by atoms with E-state index in [-0.39, 0.29) is 28.9 Å². The van der Waals surface area contributed by atoms with E-state index in [2.05, 4.69) is 10.00 Å². The summed E-state index contributed by atoms with van der Waals surface area (Å²) in [5.41, 5.74) is 0.405. The van der Waals surface area contributed by atoms with Crippen molar-refractivity contribution in [1.82, 2.24) is 14.7 Å². The van der Waals surface area contributed by atoms with Gasteiger partial charge in [-0.05, 0) is 18.2 Å². The van der Waals surface area contributed by atoms with Gasteiger partial charge in [-0.1, -0.05) is 36.4 Å². The smallest absolute Gasteiger partial charge is 0.357 e. The van der Waals surface area contributed by atoms with E-state index in [1.807, 2.05) is 30.3 Å². The number of carbonyl (C=O) groups is 2. The van der Waals surface area contributed by atoms with Gasteiger partial charge in [0.15, 0.2) is 5.69 Å².